The van der Waals surface area contributed by atoms with E-state index in [2.05, 4.69) is 20.6 Å². The van der Waals surface area contributed by atoms with Gasteiger partial charge in [0.05, 0.1) is 0 Å². The van der Waals surface area contributed by atoms with Gasteiger partial charge in [-0.1, -0.05) is 0 Å². The number of halogens is 3. The first-order valence-corrected chi connectivity index (χ1v) is 5.81. The first kappa shape index (κ1) is 12.2. The molecule has 1 saturated heterocycles. The maximum absolute atomic E-state index is 12.7. The van der Waals surface area contributed by atoms with Crippen LogP contribution in [0.3, 0.4) is 0 Å². The van der Waals surface area contributed by atoms with Crippen LogP contribution in [-0.2, 0) is 6.18 Å². The van der Waals surface area contributed by atoms with E-state index >= 15 is 0 Å². The van der Waals surface area contributed by atoms with E-state index in [9.17, 15) is 13.2 Å². The summed E-state index contributed by atoms with van der Waals surface area (Å²) in [6, 6.07) is 3.15. The molecule has 3 rings (SSSR count). The number of aromatic nitrogens is 4. The number of fused-ring (bicyclic) bond motifs is 1. The minimum absolute atomic E-state index is 0.0891. The molecule has 0 unspecified atom stereocenters. The Labute approximate surface area is 106 Å². The van der Waals surface area contributed by atoms with Crippen LogP contribution in [-0.4, -0.2) is 46.0 Å². The number of piperazine rings is 1. The molecule has 1 fully saturated rings. The number of hydrogen-bond donors (Lipinski definition) is 1. The van der Waals surface area contributed by atoms with E-state index in [-0.39, 0.29) is 5.65 Å². The fourth-order valence-electron chi connectivity index (χ4n) is 2.02. The molecule has 19 heavy (non-hydrogen) atoms. The van der Waals surface area contributed by atoms with Crippen molar-refractivity contribution in [2.45, 2.75) is 6.18 Å². The van der Waals surface area contributed by atoms with Crippen LogP contribution >= 0.6 is 0 Å². The summed E-state index contributed by atoms with van der Waals surface area (Å²) in [7, 11) is 0. The highest BCUT2D eigenvalue weighted by atomic mass is 19.4. The first-order valence-electron chi connectivity index (χ1n) is 5.81. The van der Waals surface area contributed by atoms with Crippen molar-refractivity contribution in [3.8, 4) is 0 Å². The third-order valence-electron chi connectivity index (χ3n) is 2.94. The van der Waals surface area contributed by atoms with Crippen molar-refractivity contribution in [1.29, 1.82) is 0 Å². The molecule has 0 aliphatic carbocycles. The van der Waals surface area contributed by atoms with Gasteiger partial charge in [-0.25, -0.2) is 0 Å². The zero-order valence-electron chi connectivity index (χ0n) is 9.85. The molecule has 1 N–H and O–H groups in total. The van der Waals surface area contributed by atoms with Gasteiger partial charge in [-0.3, -0.25) is 0 Å². The molecule has 9 heteroatoms. The summed E-state index contributed by atoms with van der Waals surface area (Å²) in [5.41, 5.74) is 0.0891. The van der Waals surface area contributed by atoms with Crippen LogP contribution in [0.5, 0.6) is 0 Å². The Morgan fingerprint density at radius 2 is 1.84 bits per heavy atom. The van der Waals surface area contributed by atoms with Crippen molar-refractivity contribution in [2.75, 3.05) is 31.1 Å². The predicted molar refractivity (Wildman–Crippen MR) is 60.9 cm³/mol. The lowest BCUT2D eigenvalue weighted by Gasteiger charge is -2.28. The van der Waals surface area contributed by atoms with Crippen LogP contribution in [0.4, 0.5) is 19.0 Å². The Bertz CT molecular complexity index is 586. The maximum Gasteiger partial charge on any atom is 0.453 e. The van der Waals surface area contributed by atoms with Crippen LogP contribution in [0.25, 0.3) is 5.65 Å². The van der Waals surface area contributed by atoms with E-state index in [4.69, 9.17) is 0 Å². The quantitative estimate of drug-likeness (QED) is 0.821. The van der Waals surface area contributed by atoms with Gasteiger partial charge in [0.25, 0.3) is 5.82 Å². The second-order valence-electron chi connectivity index (χ2n) is 4.22. The minimum Gasteiger partial charge on any atom is -0.353 e. The van der Waals surface area contributed by atoms with Gasteiger partial charge in [-0.2, -0.15) is 17.7 Å². The van der Waals surface area contributed by atoms with Crippen LogP contribution < -0.4 is 10.2 Å². The van der Waals surface area contributed by atoms with Gasteiger partial charge in [0.15, 0.2) is 5.65 Å². The fourth-order valence-corrected chi connectivity index (χ4v) is 2.02. The second-order valence-corrected chi connectivity index (χ2v) is 4.22. The van der Waals surface area contributed by atoms with E-state index < -0.39 is 12.0 Å². The Morgan fingerprint density at radius 1 is 1.11 bits per heavy atom. The highest BCUT2D eigenvalue weighted by Crippen LogP contribution is 2.27. The van der Waals surface area contributed by atoms with Gasteiger partial charge in [-0.05, 0) is 12.1 Å². The topological polar surface area (TPSA) is 58.4 Å². The van der Waals surface area contributed by atoms with Gasteiger partial charge in [0, 0.05) is 26.2 Å². The monoisotopic (exact) mass is 272 g/mol. The number of alkyl halides is 3. The van der Waals surface area contributed by atoms with E-state index in [1.807, 2.05) is 4.90 Å². The van der Waals surface area contributed by atoms with Gasteiger partial charge < -0.3 is 10.2 Å². The molecule has 0 bridgehead atoms. The largest absolute Gasteiger partial charge is 0.453 e. The molecule has 0 amide bonds. The Balaban J connectivity index is 2.03. The summed E-state index contributed by atoms with van der Waals surface area (Å²) in [4.78, 5) is 1.93. The van der Waals surface area contributed by atoms with Gasteiger partial charge in [0.2, 0.25) is 0 Å². The van der Waals surface area contributed by atoms with Crippen molar-refractivity contribution < 1.29 is 13.2 Å². The zero-order chi connectivity index (χ0) is 13.5. The van der Waals surface area contributed by atoms with Crippen LogP contribution in [0, 0.1) is 0 Å². The SMILES string of the molecule is FC(F)(F)c1nnc2ccc(N3CCNCC3)nn12. The molecule has 2 aromatic heterocycles. The molecular weight excluding hydrogens is 261 g/mol. The number of rotatable bonds is 1. The average molecular weight is 272 g/mol. The Kier molecular flexibility index (Phi) is 2.77. The average Bonchev–Trinajstić information content (AvgIpc) is 2.82. The molecule has 0 atom stereocenters. The molecule has 3 heterocycles. The summed E-state index contributed by atoms with van der Waals surface area (Å²) in [6.45, 7) is 2.99. The summed E-state index contributed by atoms with van der Waals surface area (Å²) >= 11 is 0. The van der Waals surface area contributed by atoms with Crippen LogP contribution in [0.1, 0.15) is 5.82 Å². The molecule has 1 aliphatic rings. The normalized spacial score (nSPS) is 17.1. The lowest BCUT2D eigenvalue weighted by atomic mass is 10.3. The fraction of sp³-hybridized carbons (Fsp3) is 0.500. The van der Waals surface area contributed by atoms with Gasteiger partial charge >= 0.3 is 6.18 Å². The smallest absolute Gasteiger partial charge is 0.353 e. The third kappa shape index (κ3) is 2.21. The summed E-state index contributed by atoms with van der Waals surface area (Å²) in [5, 5.41) is 13.8. The molecule has 2 aromatic rings. The van der Waals surface area contributed by atoms with Crippen LogP contribution in [0.2, 0.25) is 0 Å². The maximum atomic E-state index is 12.7. The van der Waals surface area contributed by atoms with Crippen LogP contribution in [0.15, 0.2) is 12.1 Å². The summed E-state index contributed by atoms with van der Waals surface area (Å²) < 4.78 is 39.0. The number of nitrogens with one attached hydrogen (secondary N) is 1. The van der Waals surface area contributed by atoms with Crippen molar-refractivity contribution >= 4 is 11.5 Å². The molecule has 1 aliphatic heterocycles. The Morgan fingerprint density at radius 3 is 2.53 bits per heavy atom. The van der Waals surface area contributed by atoms with Crippen molar-refractivity contribution in [1.82, 2.24) is 25.1 Å². The van der Waals surface area contributed by atoms with E-state index in [1.165, 1.54) is 6.07 Å². The molecular formula is C10H11F3N6. The lowest BCUT2D eigenvalue weighted by molar-refractivity contribution is -0.146. The zero-order valence-corrected chi connectivity index (χ0v) is 9.85. The first-order chi connectivity index (χ1) is 9.05. The molecule has 0 spiro atoms. The second kappa shape index (κ2) is 4.34. The number of anilines is 1. The number of hydrogen-bond acceptors (Lipinski definition) is 5. The highest BCUT2D eigenvalue weighted by molar-refractivity contribution is 5.46. The van der Waals surface area contributed by atoms with E-state index in [0.717, 1.165) is 17.6 Å². The lowest BCUT2D eigenvalue weighted by Crippen LogP contribution is -2.44. The summed E-state index contributed by atoms with van der Waals surface area (Å²) in [6.07, 6.45) is -4.56. The molecule has 0 aromatic carbocycles. The molecule has 6 nitrogen and oxygen atoms in total. The summed E-state index contributed by atoms with van der Waals surface area (Å²) in [5.74, 6) is -0.598. The Hall–Kier alpha value is -1.90. The van der Waals surface area contributed by atoms with E-state index in [0.29, 0.717) is 18.9 Å². The van der Waals surface area contributed by atoms with Gasteiger partial charge in [0.1, 0.15) is 5.82 Å². The van der Waals surface area contributed by atoms with Crippen molar-refractivity contribution in [2.24, 2.45) is 0 Å². The predicted octanol–water partition coefficient (Wildman–Crippen LogP) is 0.553. The van der Waals surface area contributed by atoms with E-state index in [1.54, 1.807) is 6.07 Å². The highest BCUT2D eigenvalue weighted by Gasteiger charge is 2.37. The van der Waals surface area contributed by atoms with Crippen molar-refractivity contribution in [3.05, 3.63) is 18.0 Å². The third-order valence-corrected chi connectivity index (χ3v) is 2.94. The molecule has 0 radical (unpaired) electrons. The molecule has 102 valence electrons. The number of nitrogens with zero attached hydrogens (tertiary/aromatic N) is 5. The molecule has 0 saturated carbocycles. The standard InChI is InChI=1S/C10H11F3N6/c11-10(12,13)9-16-15-7-1-2-8(17-19(7)9)18-5-3-14-4-6-18/h1-2,14H,3-6H2. The van der Waals surface area contributed by atoms with Crippen molar-refractivity contribution in [3.63, 3.8) is 0 Å². The van der Waals surface area contributed by atoms with Gasteiger partial charge in [-0.15, -0.1) is 15.3 Å². The minimum atomic E-state index is -4.56.